The normalized spacial score (nSPS) is 20.7. The van der Waals surface area contributed by atoms with Crippen molar-refractivity contribution in [3.8, 4) is 0 Å². The van der Waals surface area contributed by atoms with E-state index >= 15 is 0 Å². The van der Waals surface area contributed by atoms with E-state index in [0.29, 0.717) is 11.0 Å². The van der Waals surface area contributed by atoms with Gasteiger partial charge in [-0.05, 0) is 33.0 Å². The Morgan fingerprint density at radius 2 is 2.23 bits per heavy atom. The van der Waals surface area contributed by atoms with Gasteiger partial charge in [-0.2, -0.15) is 0 Å². The standard InChI is InChI=1S/C9H15N3S/c1-12-4-2-7(3-5-12)8-6-13-9(10)11-8/h6-7H,2-5H2,1H3,(H2,10,11). The predicted molar refractivity (Wildman–Crippen MR) is 56.0 cm³/mol. The average molecular weight is 197 g/mol. The fourth-order valence-electron chi connectivity index (χ4n) is 1.79. The summed E-state index contributed by atoms with van der Waals surface area (Å²) < 4.78 is 0. The second-order valence-electron chi connectivity index (χ2n) is 3.69. The lowest BCUT2D eigenvalue weighted by atomic mass is 9.95. The van der Waals surface area contributed by atoms with E-state index in [9.17, 15) is 0 Å². The van der Waals surface area contributed by atoms with Gasteiger partial charge in [0.15, 0.2) is 5.13 Å². The number of piperidine rings is 1. The molecule has 3 nitrogen and oxygen atoms in total. The molecule has 2 heterocycles. The molecule has 0 spiro atoms. The first-order chi connectivity index (χ1) is 6.25. The van der Waals surface area contributed by atoms with E-state index in [0.717, 1.165) is 0 Å². The summed E-state index contributed by atoms with van der Waals surface area (Å²) in [6.45, 7) is 2.37. The van der Waals surface area contributed by atoms with Crippen LogP contribution in [0.2, 0.25) is 0 Å². The van der Waals surface area contributed by atoms with Crippen LogP contribution in [0.5, 0.6) is 0 Å². The van der Waals surface area contributed by atoms with Crippen LogP contribution in [0.3, 0.4) is 0 Å². The zero-order chi connectivity index (χ0) is 9.26. The zero-order valence-electron chi connectivity index (χ0n) is 7.86. The lowest BCUT2D eigenvalue weighted by Gasteiger charge is -2.27. The van der Waals surface area contributed by atoms with Crippen LogP contribution in [-0.2, 0) is 0 Å². The molecule has 2 N–H and O–H groups in total. The van der Waals surface area contributed by atoms with Crippen molar-refractivity contribution in [1.29, 1.82) is 0 Å². The van der Waals surface area contributed by atoms with Gasteiger partial charge < -0.3 is 10.6 Å². The molecule has 1 saturated heterocycles. The lowest BCUT2D eigenvalue weighted by Crippen LogP contribution is -2.29. The second kappa shape index (κ2) is 3.64. The molecule has 0 saturated carbocycles. The molecule has 1 aromatic heterocycles. The molecular weight excluding hydrogens is 182 g/mol. The molecule has 1 fully saturated rings. The highest BCUT2D eigenvalue weighted by atomic mass is 32.1. The number of hydrogen-bond donors (Lipinski definition) is 1. The first kappa shape index (κ1) is 8.97. The summed E-state index contributed by atoms with van der Waals surface area (Å²) in [6, 6.07) is 0. The predicted octanol–water partition coefficient (Wildman–Crippen LogP) is 1.53. The Labute approximate surface area is 82.6 Å². The Kier molecular flexibility index (Phi) is 2.51. The van der Waals surface area contributed by atoms with Crippen LogP contribution in [0.25, 0.3) is 0 Å². The molecule has 2 rings (SSSR count). The molecule has 1 aromatic rings. The van der Waals surface area contributed by atoms with Crippen molar-refractivity contribution in [2.75, 3.05) is 25.9 Å². The van der Waals surface area contributed by atoms with Gasteiger partial charge in [-0.25, -0.2) is 4.98 Å². The highest BCUT2D eigenvalue weighted by Gasteiger charge is 2.20. The van der Waals surface area contributed by atoms with Gasteiger partial charge in [0, 0.05) is 11.3 Å². The van der Waals surface area contributed by atoms with Crippen LogP contribution >= 0.6 is 11.3 Å². The Morgan fingerprint density at radius 3 is 2.77 bits per heavy atom. The Bertz CT molecular complexity index is 276. The van der Waals surface area contributed by atoms with Gasteiger partial charge in [0.25, 0.3) is 0 Å². The number of nitrogens with two attached hydrogens (primary N) is 1. The van der Waals surface area contributed by atoms with Crippen LogP contribution in [0.15, 0.2) is 5.38 Å². The maximum absolute atomic E-state index is 5.61. The van der Waals surface area contributed by atoms with Gasteiger partial charge in [-0.3, -0.25) is 0 Å². The van der Waals surface area contributed by atoms with Crippen LogP contribution in [0, 0.1) is 0 Å². The first-order valence-electron chi connectivity index (χ1n) is 4.65. The highest BCUT2D eigenvalue weighted by Crippen LogP contribution is 2.28. The Morgan fingerprint density at radius 1 is 1.54 bits per heavy atom. The van der Waals surface area contributed by atoms with Crippen LogP contribution in [0.4, 0.5) is 5.13 Å². The van der Waals surface area contributed by atoms with Gasteiger partial charge in [0.05, 0.1) is 5.69 Å². The molecule has 1 aliphatic rings. The molecule has 4 heteroatoms. The fraction of sp³-hybridized carbons (Fsp3) is 0.667. The number of hydrogen-bond acceptors (Lipinski definition) is 4. The summed E-state index contributed by atoms with van der Waals surface area (Å²) in [7, 11) is 2.17. The number of anilines is 1. The van der Waals surface area contributed by atoms with Gasteiger partial charge in [-0.15, -0.1) is 11.3 Å². The molecule has 0 atom stereocenters. The fourth-order valence-corrected chi connectivity index (χ4v) is 2.44. The van der Waals surface area contributed by atoms with Crippen molar-refractivity contribution in [2.24, 2.45) is 0 Å². The van der Waals surface area contributed by atoms with Crippen molar-refractivity contribution in [2.45, 2.75) is 18.8 Å². The van der Waals surface area contributed by atoms with E-state index in [4.69, 9.17) is 5.73 Å². The van der Waals surface area contributed by atoms with E-state index < -0.39 is 0 Å². The van der Waals surface area contributed by atoms with E-state index in [1.807, 2.05) is 0 Å². The van der Waals surface area contributed by atoms with E-state index in [-0.39, 0.29) is 0 Å². The van der Waals surface area contributed by atoms with Gasteiger partial charge >= 0.3 is 0 Å². The molecule has 1 aliphatic heterocycles. The first-order valence-corrected chi connectivity index (χ1v) is 5.53. The van der Waals surface area contributed by atoms with E-state index in [1.54, 1.807) is 11.3 Å². The third kappa shape index (κ3) is 2.00. The topological polar surface area (TPSA) is 42.1 Å². The van der Waals surface area contributed by atoms with E-state index in [1.165, 1.54) is 31.6 Å². The molecule has 0 aliphatic carbocycles. The molecule has 0 amide bonds. The Hall–Kier alpha value is -0.610. The molecule has 0 radical (unpaired) electrons. The minimum Gasteiger partial charge on any atom is -0.375 e. The number of likely N-dealkylation sites (tertiary alicyclic amines) is 1. The molecule has 0 unspecified atom stereocenters. The summed E-state index contributed by atoms with van der Waals surface area (Å²) in [4.78, 5) is 6.70. The monoisotopic (exact) mass is 197 g/mol. The number of nitrogen functional groups attached to an aromatic ring is 1. The summed E-state index contributed by atoms with van der Waals surface area (Å²) in [5.41, 5.74) is 6.81. The van der Waals surface area contributed by atoms with Crippen molar-refractivity contribution < 1.29 is 0 Å². The van der Waals surface area contributed by atoms with Gasteiger partial charge in [-0.1, -0.05) is 0 Å². The van der Waals surface area contributed by atoms with Crippen molar-refractivity contribution in [3.05, 3.63) is 11.1 Å². The smallest absolute Gasteiger partial charge is 0.180 e. The van der Waals surface area contributed by atoms with Crippen molar-refractivity contribution in [1.82, 2.24) is 9.88 Å². The number of nitrogens with zero attached hydrogens (tertiary/aromatic N) is 2. The summed E-state index contributed by atoms with van der Waals surface area (Å²) in [5.74, 6) is 0.643. The van der Waals surface area contributed by atoms with Crippen LogP contribution < -0.4 is 5.73 Å². The van der Waals surface area contributed by atoms with E-state index in [2.05, 4.69) is 22.3 Å². The third-order valence-electron chi connectivity index (χ3n) is 2.68. The highest BCUT2D eigenvalue weighted by molar-refractivity contribution is 7.13. The number of aromatic nitrogens is 1. The summed E-state index contributed by atoms with van der Waals surface area (Å²) in [6.07, 6.45) is 2.44. The molecule has 0 aromatic carbocycles. The van der Waals surface area contributed by atoms with Crippen LogP contribution in [-0.4, -0.2) is 30.0 Å². The largest absolute Gasteiger partial charge is 0.375 e. The molecule has 72 valence electrons. The summed E-state index contributed by atoms with van der Waals surface area (Å²) in [5, 5.41) is 2.81. The SMILES string of the molecule is CN1CCC(c2csc(N)n2)CC1. The second-order valence-corrected chi connectivity index (χ2v) is 4.58. The minimum atomic E-state index is 0.643. The van der Waals surface area contributed by atoms with Crippen molar-refractivity contribution >= 4 is 16.5 Å². The summed E-state index contributed by atoms with van der Waals surface area (Å²) >= 11 is 1.55. The third-order valence-corrected chi connectivity index (χ3v) is 3.37. The lowest BCUT2D eigenvalue weighted by molar-refractivity contribution is 0.254. The maximum Gasteiger partial charge on any atom is 0.180 e. The van der Waals surface area contributed by atoms with Crippen molar-refractivity contribution in [3.63, 3.8) is 0 Å². The van der Waals surface area contributed by atoms with Crippen LogP contribution in [0.1, 0.15) is 24.5 Å². The maximum atomic E-state index is 5.61. The number of thiazole rings is 1. The number of rotatable bonds is 1. The molecular formula is C9H15N3S. The Balaban J connectivity index is 2.02. The molecule has 0 bridgehead atoms. The average Bonchev–Trinajstić information content (AvgIpc) is 2.53. The molecule has 13 heavy (non-hydrogen) atoms. The van der Waals surface area contributed by atoms with Gasteiger partial charge in [0.2, 0.25) is 0 Å². The zero-order valence-corrected chi connectivity index (χ0v) is 8.68. The minimum absolute atomic E-state index is 0.643. The quantitative estimate of drug-likeness (QED) is 0.742. The van der Waals surface area contributed by atoms with Gasteiger partial charge in [0.1, 0.15) is 0 Å².